The molecular weight excluding hydrogens is 214 g/mol. The highest BCUT2D eigenvalue weighted by molar-refractivity contribution is 5.66. The number of carbonyl (C=O) groups is 1. The standard InChI is InChI=1S/C14H19NO2/c1-15(8-7-14(16)17)10-11-5-6-12-3-2-4-13(12)9-11/h5-6,9H,2-4,7-8,10H2,1H3,(H,16,17). The van der Waals surface area contributed by atoms with Crippen LogP contribution in [0.5, 0.6) is 0 Å². The number of aryl methyl sites for hydroxylation is 2. The van der Waals surface area contributed by atoms with Gasteiger partial charge in [-0.3, -0.25) is 4.79 Å². The lowest BCUT2D eigenvalue weighted by atomic mass is 10.1. The van der Waals surface area contributed by atoms with Crippen LogP contribution in [0.15, 0.2) is 18.2 Å². The summed E-state index contributed by atoms with van der Waals surface area (Å²) < 4.78 is 0. The molecule has 3 nitrogen and oxygen atoms in total. The van der Waals surface area contributed by atoms with Gasteiger partial charge in [-0.2, -0.15) is 0 Å². The lowest BCUT2D eigenvalue weighted by Crippen LogP contribution is -2.21. The van der Waals surface area contributed by atoms with E-state index in [2.05, 4.69) is 23.1 Å². The minimum atomic E-state index is -0.731. The van der Waals surface area contributed by atoms with Gasteiger partial charge in [0.15, 0.2) is 0 Å². The van der Waals surface area contributed by atoms with Gasteiger partial charge >= 0.3 is 5.97 Å². The Morgan fingerprint density at radius 3 is 2.88 bits per heavy atom. The highest BCUT2D eigenvalue weighted by Gasteiger charge is 2.11. The zero-order chi connectivity index (χ0) is 12.3. The topological polar surface area (TPSA) is 40.5 Å². The van der Waals surface area contributed by atoms with Crippen LogP contribution < -0.4 is 0 Å². The molecule has 0 saturated heterocycles. The lowest BCUT2D eigenvalue weighted by Gasteiger charge is -2.16. The summed E-state index contributed by atoms with van der Waals surface area (Å²) in [6, 6.07) is 6.67. The molecule has 1 N–H and O–H groups in total. The highest BCUT2D eigenvalue weighted by Crippen LogP contribution is 2.23. The van der Waals surface area contributed by atoms with Gasteiger partial charge in [-0.1, -0.05) is 18.2 Å². The normalized spacial score (nSPS) is 14.0. The molecular formula is C14H19NO2. The van der Waals surface area contributed by atoms with Crippen molar-refractivity contribution in [3.63, 3.8) is 0 Å². The first kappa shape index (κ1) is 12.1. The molecule has 0 unspecified atom stereocenters. The first-order valence-corrected chi connectivity index (χ1v) is 6.16. The molecule has 17 heavy (non-hydrogen) atoms. The first-order valence-electron chi connectivity index (χ1n) is 6.16. The molecule has 0 spiro atoms. The molecule has 0 bridgehead atoms. The van der Waals surface area contributed by atoms with Crippen LogP contribution in [-0.4, -0.2) is 29.6 Å². The molecule has 0 amide bonds. The molecule has 0 saturated carbocycles. The quantitative estimate of drug-likeness (QED) is 0.846. The molecule has 2 rings (SSSR count). The van der Waals surface area contributed by atoms with Crippen molar-refractivity contribution >= 4 is 5.97 Å². The fraction of sp³-hybridized carbons (Fsp3) is 0.500. The van der Waals surface area contributed by atoms with E-state index in [0.717, 1.165) is 6.54 Å². The summed E-state index contributed by atoms with van der Waals surface area (Å²) in [5, 5.41) is 8.63. The first-order chi connectivity index (χ1) is 8.15. The van der Waals surface area contributed by atoms with Crippen LogP contribution in [0.4, 0.5) is 0 Å². The van der Waals surface area contributed by atoms with Crippen molar-refractivity contribution in [2.45, 2.75) is 32.2 Å². The van der Waals surface area contributed by atoms with Crippen molar-refractivity contribution < 1.29 is 9.90 Å². The molecule has 92 valence electrons. The van der Waals surface area contributed by atoms with Gasteiger partial charge in [0.1, 0.15) is 0 Å². The second kappa shape index (κ2) is 5.32. The molecule has 0 fully saturated rings. The summed E-state index contributed by atoms with van der Waals surface area (Å²) in [5.41, 5.74) is 4.26. The maximum Gasteiger partial charge on any atom is 0.304 e. The van der Waals surface area contributed by atoms with Gasteiger partial charge in [0, 0.05) is 13.1 Å². The third kappa shape index (κ3) is 3.30. The van der Waals surface area contributed by atoms with Crippen LogP contribution in [0.1, 0.15) is 29.5 Å². The van der Waals surface area contributed by atoms with Crippen LogP contribution in [0.3, 0.4) is 0 Å². The van der Waals surface area contributed by atoms with Crippen molar-refractivity contribution in [2.24, 2.45) is 0 Å². The molecule has 1 aromatic carbocycles. The Morgan fingerprint density at radius 2 is 2.12 bits per heavy atom. The SMILES string of the molecule is CN(CCC(=O)O)Cc1ccc2c(c1)CCC2. The van der Waals surface area contributed by atoms with Gasteiger partial charge < -0.3 is 10.0 Å². The Kier molecular flexibility index (Phi) is 3.79. The smallest absolute Gasteiger partial charge is 0.304 e. The number of hydrogen-bond acceptors (Lipinski definition) is 2. The highest BCUT2D eigenvalue weighted by atomic mass is 16.4. The van der Waals surface area contributed by atoms with Crippen molar-refractivity contribution in [2.75, 3.05) is 13.6 Å². The van der Waals surface area contributed by atoms with E-state index in [1.165, 1.54) is 36.0 Å². The predicted octanol–water partition coefficient (Wildman–Crippen LogP) is 2.08. The van der Waals surface area contributed by atoms with Gasteiger partial charge in [0.2, 0.25) is 0 Å². The van der Waals surface area contributed by atoms with Crippen molar-refractivity contribution in [3.05, 3.63) is 34.9 Å². The van der Waals surface area contributed by atoms with E-state index in [-0.39, 0.29) is 6.42 Å². The summed E-state index contributed by atoms with van der Waals surface area (Å²) in [6.07, 6.45) is 3.89. The fourth-order valence-electron chi connectivity index (χ4n) is 2.40. The Balaban J connectivity index is 1.92. The minimum Gasteiger partial charge on any atom is -0.481 e. The predicted molar refractivity (Wildman–Crippen MR) is 67.1 cm³/mol. The van der Waals surface area contributed by atoms with Crippen LogP contribution in [-0.2, 0) is 24.2 Å². The zero-order valence-electron chi connectivity index (χ0n) is 10.3. The number of hydrogen-bond donors (Lipinski definition) is 1. The van der Waals surface area contributed by atoms with E-state index >= 15 is 0 Å². The summed E-state index contributed by atoms with van der Waals surface area (Å²) in [4.78, 5) is 12.5. The number of nitrogens with zero attached hydrogens (tertiary/aromatic N) is 1. The third-order valence-corrected chi connectivity index (χ3v) is 3.32. The second-order valence-corrected chi connectivity index (χ2v) is 4.84. The van der Waals surface area contributed by atoms with E-state index in [0.29, 0.717) is 6.54 Å². The Bertz CT molecular complexity index is 415. The van der Waals surface area contributed by atoms with E-state index in [9.17, 15) is 4.79 Å². The van der Waals surface area contributed by atoms with E-state index in [1.807, 2.05) is 7.05 Å². The molecule has 1 aromatic rings. The Labute approximate surface area is 102 Å². The summed E-state index contributed by atoms with van der Waals surface area (Å²) in [7, 11) is 1.97. The van der Waals surface area contributed by atoms with Crippen LogP contribution >= 0.6 is 0 Å². The van der Waals surface area contributed by atoms with Gasteiger partial charge in [0.05, 0.1) is 6.42 Å². The summed E-state index contributed by atoms with van der Waals surface area (Å²) >= 11 is 0. The minimum absolute atomic E-state index is 0.210. The van der Waals surface area contributed by atoms with Gasteiger partial charge in [-0.05, 0) is 43.0 Å². The maximum absolute atomic E-state index is 10.5. The van der Waals surface area contributed by atoms with Crippen LogP contribution in [0, 0.1) is 0 Å². The molecule has 3 heteroatoms. The average Bonchev–Trinajstić information content (AvgIpc) is 2.73. The van der Waals surface area contributed by atoms with E-state index in [1.54, 1.807) is 0 Å². The van der Waals surface area contributed by atoms with E-state index in [4.69, 9.17) is 5.11 Å². The molecule has 1 aliphatic rings. The molecule has 0 atom stereocenters. The number of carboxylic acid groups (broad SMARTS) is 1. The molecule has 1 aliphatic carbocycles. The van der Waals surface area contributed by atoms with Gasteiger partial charge in [0.25, 0.3) is 0 Å². The monoisotopic (exact) mass is 233 g/mol. The fourth-order valence-corrected chi connectivity index (χ4v) is 2.40. The van der Waals surface area contributed by atoms with E-state index < -0.39 is 5.97 Å². The molecule has 0 aromatic heterocycles. The van der Waals surface area contributed by atoms with Crippen molar-refractivity contribution in [1.82, 2.24) is 4.90 Å². The average molecular weight is 233 g/mol. The maximum atomic E-state index is 10.5. The zero-order valence-corrected chi connectivity index (χ0v) is 10.3. The molecule has 0 radical (unpaired) electrons. The third-order valence-electron chi connectivity index (χ3n) is 3.32. The van der Waals surface area contributed by atoms with Gasteiger partial charge in [-0.25, -0.2) is 0 Å². The summed E-state index contributed by atoms with van der Waals surface area (Å²) in [5.74, 6) is -0.731. The number of rotatable bonds is 5. The van der Waals surface area contributed by atoms with Crippen molar-refractivity contribution in [3.8, 4) is 0 Å². The number of fused-ring (bicyclic) bond motifs is 1. The number of benzene rings is 1. The largest absolute Gasteiger partial charge is 0.481 e. The lowest BCUT2D eigenvalue weighted by molar-refractivity contribution is -0.137. The molecule has 0 heterocycles. The number of carboxylic acids is 1. The van der Waals surface area contributed by atoms with Crippen LogP contribution in [0.2, 0.25) is 0 Å². The van der Waals surface area contributed by atoms with Crippen LogP contribution in [0.25, 0.3) is 0 Å². The molecule has 0 aliphatic heterocycles. The Morgan fingerprint density at radius 1 is 1.35 bits per heavy atom. The Hall–Kier alpha value is -1.35. The second-order valence-electron chi connectivity index (χ2n) is 4.84. The van der Waals surface area contributed by atoms with Gasteiger partial charge in [-0.15, -0.1) is 0 Å². The van der Waals surface area contributed by atoms with Crippen molar-refractivity contribution in [1.29, 1.82) is 0 Å². The summed E-state index contributed by atoms with van der Waals surface area (Å²) in [6.45, 7) is 1.44. The number of aliphatic carboxylic acids is 1.